The molecule has 1 aliphatic rings. The van der Waals surface area contributed by atoms with Crippen LogP contribution in [0.5, 0.6) is 0 Å². The van der Waals surface area contributed by atoms with E-state index in [0.717, 1.165) is 24.0 Å². The predicted octanol–water partition coefficient (Wildman–Crippen LogP) is 2.52. The summed E-state index contributed by atoms with van der Waals surface area (Å²) >= 11 is 0. The molecule has 0 unspecified atom stereocenters. The molecule has 18 heavy (non-hydrogen) atoms. The number of rotatable bonds is 3. The van der Waals surface area contributed by atoms with E-state index in [-0.39, 0.29) is 11.5 Å². The zero-order valence-electron chi connectivity index (χ0n) is 11.3. The van der Waals surface area contributed by atoms with Gasteiger partial charge in [0, 0.05) is 5.54 Å². The third-order valence-corrected chi connectivity index (χ3v) is 3.09. The van der Waals surface area contributed by atoms with E-state index in [4.69, 9.17) is 10.5 Å². The Morgan fingerprint density at radius 1 is 1.28 bits per heavy atom. The van der Waals surface area contributed by atoms with E-state index in [2.05, 4.69) is 0 Å². The van der Waals surface area contributed by atoms with Crippen LogP contribution in [0.4, 0.5) is 0 Å². The Kier molecular flexibility index (Phi) is 3.20. The number of ether oxygens (including phenoxy) is 1. The smallest absolute Gasteiger partial charge is 0.310 e. The molecule has 0 heterocycles. The quantitative estimate of drug-likeness (QED) is 0.835. The number of hydrogen-bond acceptors (Lipinski definition) is 3. The topological polar surface area (TPSA) is 52.3 Å². The largest absolute Gasteiger partial charge is 0.460 e. The van der Waals surface area contributed by atoms with E-state index < -0.39 is 5.60 Å². The van der Waals surface area contributed by atoms with Crippen molar-refractivity contribution >= 4 is 5.97 Å². The van der Waals surface area contributed by atoms with Crippen LogP contribution in [0.1, 0.15) is 44.7 Å². The highest BCUT2D eigenvalue weighted by Gasteiger charge is 2.39. The van der Waals surface area contributed by atoms with Gasteiger partial charge in [0.05, 0.1) is 6.42 Å². The minimum atomic E-state index is -0.424. The zero-order valence-corrected chi connectivity index (χ0v) is 11.3. The Bertz CT molecular complexity index is 439. The Labute approximate surface area is 108 Å². The third kappa shape index (κ3) is 3.33. The molecule has 0 amide bonds. The van der Waals surface area contributed by atoms with Gasteiger partial charge in [-0.1, -0.05) is 24.3 Å². The van der Waals surface area contributed by atoms with Crippen LogP contribution in [0.15, 0.2) is 24.3 Å². The highest BCUT2D eigenvalue weighted by Crippen LogP contribution is 2.42. The molecule has 0 atom stereocenters. The summed E-state index contributed by atoms with van der Waals surface area (Å²) in [6.45, 7) is 5.62. The van der Waals surface area contributed by atoms with Crippen molar-refractivity contribution in [3.05, 3.63) is 35.4 Å². The summed E-state index contributed by atoms with van der Waals surface area (Å²) < 4.78 is 5.29. The van der Waals surface area contributed by atoms with Crippen molar-refractivity contribution in [1.82, 2.24) is 0 Å². The molecule has 1 aromatic rings. The Morgan fingerprint density at radius 2 is 1.83 bits per heavy atom. The van der Waals surface area contributed by atoms with Gasteiger partial charge >= 0.3 is 5.97 Å². The van der Waals surface area contributed by atoms with E-state index in [1.165, 1.54) is 0 Å². The number of benzene rings is 1. The summed E-state index contributed by atoms with van der Waals surface area (Å²) in [6.07, 6.45) is 2.42. The molecule has 1 fully saturated rings. The van der Waals surface area contributed by atoms with E-state index >= 15 is 0 Å². The average molecular weight is 247 g/mol. The Hall–Kier alpha value is -1.35. The van der Waals surface area contributed by atoms with Gasteiger partial charge < -0.3 is 10.5 Å². The molecule has 3 nitrogen and oxygen atoms in total. The van der Waals surface area contributed by atoms with Crippen LogP contribution in [0.25, 0.3) is 0 Å². The van der Waals surface area contributed by atoms with Crippen molar-refractivity contribution in [2.45, 2.75) is 51.2 Å². The number of hydrogen-bond donors (Lipinski definition) is 1. The maximum Gasteiger partial charge on any atom is 0.310 e. The summed E-state index contributed by atoms with van der Waals surface area (Å²) in [6, 6.07) is 7.97. The second-order valence-electron chi connectivity index (χ2n) is 6.12. The maximum atomic E-state index is 11.7. The van der Waals surface area contributed by atoms with Gasteiger partial charge in [-0.2, -0.15) is 0 Å². The molecule has 0 aliphatic heterocycles. The van der Waals surface area contributed by atoms with Gasteiger partial charge in [-0.25, -0.2) is 0 Å². The predicted molar refractivity (Wildman–Crippen MR) is 71.1 cm³/mol. The summed E-state index contributed by atoms with van der Waals surface area (Å²) in [4.78, 5) is 11.7. The maximum absolute atomic E-state index is 11.7. The SMILES string of the molecule is CC(C)(C)OC(=O)Cc1ccc(C2(N)CC2)cc1. The fraction of sp³-hybridized carbons (Fsp3) is 0.533. The van der Waals surface area contributed by atoms with Crippen molar-refractivity contribution < 1.29 is 9.53 Å². The molecule has 2 rings (SSSR count). The van der Waals surface area contributed by atoms with Crippen LogP contribution >= 0.6 is 0 Å². The highest BCUT2D eigenvalue weighted by molar-refractivity contribution is 5.73. The zero-order chi connectivity index (χ0) is 13.4. The summed E-state index contributed by atoms with van der Waals surface area (Å²) in [5.74, 6) is -0.191. The highest BCUT2D eigenvalue weighted by atomic mass is 16.6. The molecule has 1 aromatic carbocycles. The van der Waals surface area contributed by atoms with Crippen molar-refractivity contribution in [2.75, 3.05) is 0 Å². The van der Waals surface area contributed by atoms with Crippen LogP contribution in [0, 0.1) is 0 Å². The Balaban J connectivity index is 1.96. The molecular weight excluding hydrogens is 226 g/mol. The fourth-order valence-electron chi connectivity index (χ4n) is 1.92. The van der Waals surface area contributed by atoms with Gasteiger partial charge in [-0.3, -0.25) is 4.79 Å². The van der Waals surface area contributed by atoms with E-state index in [9.17, 15) is 4.79 Å². The van der Waals surface area contributed by atoms with Gasteiger partial charge in [0.1, 0.15) is 5.60 Å². The summed E-state index contributed by atoms with van der Waals surface area (Å²) in [7, 11) is 0. The molecule has 1 aliphatic carbocycles. The number of carbonyl (C=O) groups excluding carboxylic acids is 1. The molecule has 1 saturated carbocycles. The first kappa shape index (κ1) is 13.1. The normalized spacial score (nSPS) is 17.3. The van der Waals surface area contributed by atoms with Crippen molar-refractivity contribution in [1.29, 1.82) is 0 Å². The van der Waals surface area contributed by atoms with Crippen molar-refractivity contribution in [3.63, 3.8) is 0 Å². The number of carbonyl (C=O) groups is 1. The molecule has 0 bridgehead atoms. The van der Waals surface area contributed by atoms with Gasteiger partial charge in [0.15, 0.2) is 0 Å². The Morgan fingerprint density at radius 3 is 2.28 bits per heavy atom. The number of esters is 1. The van der Waals surface area contributed by atoms with Gasteiger partial charge in [-0.15, -0.1) is 0 Å². The van der Waals surface area contributed by atoms with Gasteiger partial charge in [0.25, 0.3) is 0 Å². The summed E-state index contributed by atoms with van der Waals surface area (Å²) in [5.41, 5.74) is 7.71. The standard InChI is InChI=1S/C15H21NO2/c1-14(2,3)18-13(17)10-11-4-6-12(7-5-11)15(16)8-9-15/h4-7H,8-10,16H2,1-3H3. The van der Waals surface area contributed by atoms with Crippen LogP contribution in [0.3, 0.4) is 0 Å². The number of nitrogens with two attached hydrogens (primary N) is 1. The lowest BCUT2D eigenvalue weighted by Gasteiger charge is -2.19. The van der Waals surface area contributed by atoms with Crippen LogP contribution in [-0.4, -0.2) is 11.6 Å². The lowest BCUT2D eigenvalue weighted by molar-refractivity contribution is -0.153. The molecule has 98 valence electrons. The third-order valence-electron chi connectivity index (χ3n) is 3.09. The van der Waals surface area contributed by atoms with Crippen LogP contribution in [-0.2, 0) is 21.5 Å². The van der Waals surface area contributed by atoms with Crippen LogP contribution < -0.4 is 5.73 Å². The lowest BCUT2D eigenvalue weighted by Crippen LogP contribution is -2.25. The second-order valence-corrected chi connectivity index (χ2v) is 6.12. The van der Waals surface area contributed by atoms with E-state index in [1.807, 2.05) is 45.0 Å². The van der Waals surface area contributed by atoms with Gasteiger partial charge in [-0.05, 0) is 44.7 Å². The molecule has 0 aromatic heterocycles. The monoisotopic (exact) mass is 247 g/mol. The molecule has 0 spiro atoms. The fourth-order valence-corrected chi connectivity index (χ4v) is 1.92. The molecule has 3 heteroatoms. The molecule has 0 radical (unpaired) electrons. The summed E-state index contributed by atoms with van der Waals surface area (Å²) in [5, 5.41) is 0. The van der Waals surface area contributed by atoms with E-state index in [1.54, 1.807) is 0 Å². The first-order valence-electron chi connectivity index (χ1n) is 6.39. The minimum Gasteiger partial charge on any atom is -0.460 e. The molecule has 2 N–H and O–H groups in total. The second kappa shape index (κ2) is 4.39. The molecular formula is C15H21NO2. The molecule has 0 saturated heterocycles. The van der Waals surface area contributed by atoms with Crippen LogP contribution in [0.2, 0.25) is 0 Å². The van der Waals surface area contributed by atoms with Gasteiger partial charge in [0.2, 0.25) is 0 Å². The van der Waals surface area contributed by atoms with Crippen molar-refractivity contribution in [2.24, 2.45) is 5.73 Å². The lowest BCUT2D eigenvalue weighted by atomic mass is 10.0. The average Bonchev–Trinajstić information content (AvgIpc) is 2.95. The first-order chi connectivity index (χ1) is 8.28. The minimum absolute atomic E-state index is 0.107. The first-order valence-corrected chi connectivity index (χ1v) is 6.39. The van der Waals surface area contributed by atoms with E-state index in [0.29, 0.717) is 6.42 Å². The van der Waals surface area contributed by atoms with Crippen molar-refractivity contribution in [3.8, 4) is 0 Å².